The van der Waals surface area contributed by atoms with Crippen LogP contribution in [0.2, 0.25) is 0 Å². The molecule has 0 heterocycles. The zero-order valence-corrected chi connectivity index (χ0v) is 12.5. The van der Waals surface area contributed by atoms with Crippen LogP contribution < -0.4 is 10.1 Å². The second-order valence-corrected chi connectivity index (χ2v) is 4.92. The van der Waals surface area contributed by atoms with Gasteiger partial charge in [0.05, 0.1) is 11.6 Å². The zero-order valence-electron chi connectivity index (χ0n) is 12.5. The Hall–Kier alpha value is -2.80. The maximum atomic E-state index is 12.0. The Bertz CT molecular complexity index is 645. The first kappa shape index (κ1) is 15.6. The lowest BCUT2D eigenvalue weighted by Gasteiger charge is -2.14. The first-order valence-corrected chi connectivity index (χ1v) is 7.17. The molecule has 1 amide bonds. The molecule has 0 aliphatic carbocycles. The molecule has 112 valence electrons. The van der Waals surface area contributed by atoms with Crippen LogP contribution in [0.3, 0.4) is 0 Å². The Morgan fingerprint density at radius 3 is 2.50 bits per heavy atom. The lowest BCUT2D eigenvalue weighted by Crippen LogP contribution is -2.37. The zero-order chi connectivity index (χ0) is 15.8. The third-order valence-electron chi connectivity index (χ3n) is 3.22. The van der Waals surface area contributed by atoms with Crippen molar-refractivity contribution in [3.05, 3.63) is 65.7 Å². The summed E-state index contributed by atoms with van der Waals surface area (Å²) < 4.78 is 5.56. The van der Waals surface area contributed by atoms with Gasteiger partial charge in [-0.2, -0.15) is 5.26 Å². The molecular formula is C18H18N2O2. The molecule has 0 saturated heterocycles. The highest BCUT2D eigenvalue weighted by Crippen LogP contribution is 2.13. The summed E-state index contributed by atoms with van der Waals surface area (Å²) in [5.41, 5.74) is 1.75. The van der Waals surface area contributed by atoms with Crippen molar-refractivity contribution in [1.29, 1.82) is 5.26 Å². The van der Waals surface area contributed by atoms with E-state index in [9.17, 15) is 4.79 Å². The summed E-state index contributed by atoms with van der Waals surface area (Å²) in [6.07, 6.45) is 0.208. The number of nitriles is 1. The summed E-state index contributed by atoms with van der Waals surface area (Å²) >= 11 is 0. The minimum atomic E-state index is -0.580. The fourth-order valence-corrected chi connectivity index (χ4v) is 1.98. The van der Waals surface area contributed by atoms with Gasteiger partial charge >= 0.3 is 0 Å². The van der Waals surface area contributed by atoms with Crippen molar-refractivity contribution >= 4 is 5.91 Å². The van der Waals surface area contributed by atoms with E-state index in [1.807, 2.05) is 36.4 Å². The van der Waals surface area contributed by atoms with Crippen molar-refractivity contribution in [2.24, 2.45) is 0 Å². The predicted molar refractivity (Wildman–Crippen MR) is 84.4 cm³/mol. The van der Waals surface area contributed by atoms with Gasteiger partial charge in [-0.05, 0) is 43.2 Å². The smallest absolute Gasteiger partial charge is 0.260 e. The number of amides is 1. The molecule has 1 atom stereocenters. The number of ether oxygens (including phenoxy) is 1. The molecule has 2 aromatic carbocycles. The molecule has 0 saturated carbocycles. The summed E-state index contributed by atoms with van der Waals surface area (Å²) in [5, 5.41) is 11.6. The summed E-state index contributed by atoms with van der Waals surface area (Å²) in [5.74, 6) is 0.421. The molecule has 4 heteroatoms. The summed E-state index contributed by atoms with van der Waals surface area (Å²) in [7, 11) is 0. The molecule has 0 aromatic heterocycles. The van der Waals surface area contributed by atoms with Crippen LogP contribution in [0.5, 0.6) is 5.75 Å². The van der Waals surface area contributed by atoms with Gasteiger partial charge in [-0.1, -0.05) is 30.3 Å². The van der Waals surface area contributed by atoms with Gasteiger partial charge in [0, 0.05) is 6.54 Å². The summed E-state index contributed by atoms with van der Waals surface area (Å²) in [6, 6.07) is 18.7. The van der Waals surface area contributed by atoms with Gasteiger partial charge < -0.3 is 10.1 Å². The van der Waals surface area contributed by atoms with Crippen LogP contribution in [0.4, 0.5) is 0 Å². The van der Waals surface area contributed by atoms with E-state index in [0.29, 0.717) is 17.9 Å². The highest BCUT2D eigenvalue weighted by atomic mass is 16.5. The topological polar surface area (TPSA) is 62.1 Å². The van der Waals surface area contributed by atoms with Gasteiger partial charge in [0.25, 0.3) is 5.91 Å². The van der Waals surface area contributed by atoms with E-state index in [1.54, 1.807) is 31.2 Å². The molecule has 1 unspecified atom stereocenters. The normalized spacial score (nSPS) is 11.3. The molecule has 2 aromatic rings. The fourth-order valence-electron chi connectivity index (χ4n) is 1.98. The third kappa shape index (κ3) is 4.64. The lowest BCUT2D eigenvalue weighted by molar-refractivity contribution is -0.127. The SMILES string of the molecule is CC(Oc1ccc(C#N)cc1)C(=O)NCCc1ccccc1. The Morgan fingerprint density at radius 1 is 1.18 bits per heavy atom. The molecule has 0 aliphatic heterocycles. The average molecular weight is 294 g/mol. The molecule has 0 radical (unpaired) electrons. The maximum Gasteiger partial charge on any atom is 0.260 e. The molecule has 2 rings (SSSR count). The fraction of sp³-hybridized carbons (Fsp3) is 0.222. The van der Waals surface area contributed by atoms with Gasteiger partial charge in [0.15, 0.2) is 6.10 Å². The third-order valence-corrected chi connectivity index (χ3v) is 3.22. The summed E-state index contributed by atoms with van der Waals surface area (Å²) in [6.45, 7) is 2.28. The van der Waals surface area contributed by atoms with Crippen molar-refractivity contribution in [3.8, 4) is 11.8 Å². The number of nitrogens with one attached hydrogen (secondary N) is 1. The Balaban J connectivity index is 1.78. The number of carbonyl (C=O) groups excluding carboxylic acids is 1. The predicted octanol–water partition coefficient (Wildman–Crippen LogP) is 2.68. The van der Waals surface area contributed by atoms with Crippen LogP contribution in [0.1, 0.15) is 18.1 Å². The van der Waals surface area contributed by atoms with E-state index in [-0.39, 0.29) is 5.91 Å². The Morgan fingerprint density at radius 2 is 1.86 bits per heavy atom. The van der Waals surface area contributed by atoms with Crippen LogP contribution in [-0.4, -0.2) is 18.6 Å². The number of hydrogen-bond acceptors (Lipinski definition) is 3. The number of rotatable bonds is 6. The maximum absolute atomic E-state index is 12.0. The van der Waals surface area contributed by atoms with Crippen molar-refractivity contribution in [2.45, 2.75) is 19.4 Å². The molecule has 0 fully saturated rings. The van der Waals surface area contributed by atoms with E-state index in [2.05, 4.69) is 5.32 Å². The van der Waals surface area contributed by atoms with Crippen LogP contribution in [0.25, 0.3) is 0 Å². The highest BCUT2D eigenvalue weighted by Gasteiger charge is 2.13. The van der Waals surface area contributed by atoms with E-state index < -0.39 is 6.10 Å². The Kier molecular flexibility index (Phi) is 5.56. The molecule has 4 nitrogen and oxygen atoms in total. The van der Waals surface area contributed by atoms with Crippen LogP contribution in [-0.2, 0) is 11.2 Å². The van der Waals surface area contributed by atoms with Crippen molar-refractivity contribution in [3.63, 3.8) is 0 Å². The quantitative estimate of drug-likeness (QED) is 0.891. The standard InChI is InChI=1S/C18H18N2O2/c1-14(22-17-9-7-16(13-19)8-10-17)18(21)20-12-11-15-5-3-2-4-6-15/h2-10,14H,11-12H2,1H3,(H,20,21). The van der Waals surface area contributed by atoms with Gasteiger partial charge in [0.1, 0.15) is 5.75 Å². The van der Waals surface area contributed by atoms with Gasteiger partial charge in [-0.15, -0.1) is 0 Å². The number of hydrogen-bond donors (Lipinski definition) is 1. The van der Waals surface area contributed by atoms with E-state index in [1.165, 1.54) is 5.56 Å². The van der Waals surface area contributed by atoms with E-state index in [4.69, 9.17) is 10.00 Å². The van der Waals surface area contributed by atoms with Crippen LogP contribution in [0, 0.1) is 11.3 Å². The molecule has 22 heavy (non-hydrogen) atoms. The van der Waals surface area contributed by atoms with E-state index in [0.717, 1.165) is 6.42 Å². The van der Waals surface area contributed by atoms with Crippen molar-refractivity contribution in [1.82, 2.24) is 5.32 Å². The lowest BCUT2D eigenvalue weighted by atomic mass is 10.1. The molecule has 1 N–H and O–H groups in total. The van der Waals surface area contributed by atoms with Crippen LogP contribution >= 0.6 is 0 Å². The minimum absolute atomic E-state index is 0.153. The van der Waals surface area contributed by atoms with Gasteiger partial charge in [-0.3, -0.25) is 4.79 Å². The molecular weight excluding hydrogens is 276 g/mol. The first-order chi connectivity index (χ1) is 10.7. The molecule has 0 bridgehead atoms. The van der Waals surface area contributed by atoms with Crippen LogP contribution in [0.15, 0.2) is 54.6 Å². The molecule has 0 spiro atoms. The second kappa shape index (κ2) is 7.84. The number of carbonyl (C=O) groups is 1. The van der Waals surface area contributed by atoms with Gasteiger partial charge in [0.2, 0.25) is 0 Å². The minimum Gasteiger partial charge on any atom is -0.481 e. The van der Waals surface area contributed by atoms with Crippen molar-refractivity contribution < 1.29 is 9.53 Å². The average Bonchev–Trinajstić information content (AvgIpc) is 2.56. The second-order valence-electron chi connectivity index (χ2n) is 4.92. The van der Waals surface area contributed by atoms with Gasteiger partial charge in [-0.25, -0.2) is 0 Å². The number of nitrogens with zero attached hydrogens (tertiary/aromatic N) is 1. The van der Waals surface area contributed by atoms with E-state index >= 15 is 0 Å². The largest absolute Gasteiger partial charge is 0.481 e. The number of benzene rings is 2. The first-order valence-electron chi connectivity index (χ1n) is 7.17. The summed E-state index contributed by atoms with van der Waals surface area (Å²) in [4.78, 5) is 12.0. The highest BCUT2D eigenvalue weighted by molar-refractivity contribution is 5.80. The van der Waals surface area contributed by atoms with Crippen molar-refractivity contribution in [2.75, 3.05) is 6.54 Å². The monoisotopic (exact) mass is 294 g/mol. The molecule has 0 aliphatic rings. The Labute approximate surface area is 130 Å².